The van der Waals surface area contributed by atoms with Gasteiger partial charge in [-0.3, -0.25) is 9.79 Å². The molecule has 8 heteroatoms. The first-order valence-electron chi connectivity index (χ1n) is 10.4. The van der Waals surface area contributed by atoms with Crippen molar-refractivity contribution in [3.05, 3.63) is 77.1 Å². The SMILES string of the molecule is CN=CC(=CN)c1ccc2c(c1)C(Nc1ccccc1CC(=O)OC)CCN(N)/C2=C\N. The number of esters is 1. The molecule has 1 heterocycles. The number of hydrogen-bond acceptors (Lipinski definition) is 8. The van der Waals surface area contributed by atoms with Crippen LogP contribution in [0.3, 0.4) is 0 Å². The number of allylic oxidation sites excluding steroid dienone is 1. The van der Waals surface area contributed by atoms with E-state index >= 15 is 0 Å². The molecule has 3 rings (SSSR count). The number of aliphatic imine (C=N–C) groups is 1. The quantitative estimate of drug-likeness (QED) is 0.312. The van der Waals surface area contributed by atoms with Gasteiger partial charge in [0.15, 0.2) is 0 Å². The highest BCUT2D eigenvalue weighted by Gasteiger charge is 2.25. The predicted octanol–water partition coefficient (Wildman–Crippen LogP) is 2.39. The molecule has 0 saturated heterocycles. The van der Waals surface area contributed by atoms with Crippen LogP contribution in [0, 0.1) is 0 Å². The largest absolute Gasteiger partial charge is 0.469 e. The normalized spacial score (nSPS) is 17.8. The molecule has 2 aromatic rings. The Labute approximate surface area is 188 Å². The van der Waals surface area contributed by atoms with E-state index in [0.717, 1.165) is 45.6 Å². The Morgan fingerprint density at radius 2 is 2.06 bits per heavy atom. The summed E-state index contributed by atoms with van der Waals surface area (Å²) in [7, 11) is 3.09. The van der Waals surface area contributed by atoms with E-state index in [4.69, 9.17) is 22.0 Å². The number of carbonyl (C=O) groups is 1. The first-order valence-corrected chi connectivity index (χ1v) is 10.4. The Bertz CT molecular complexity index is 1060. The van der Waals surface area contributed by atoms with Crippen LogP contribution >= 0.6 is 0 Å². The summed E-state index contributed by atoms with van der Waals surface area (Å²) in [5.74, 6) is 6.00. The maximum atomic E-state index is 11.9. The number of hydrazine groups is 1. The van der Waals surface area contributed by atoms with E-state index in [9.17, 15) is 4.79 Å². The van der Waals surface area contributed by atoms with Gasteiger partial charge in [0.1, 0.15) is 0 Å². The van der Waals surface area contributed by atoms with Gasteiger partial charge in [0.25, 0.3) is 0 Å². The van der Waals surface area contributed by atoms with Crippen molar-refractivity contribution in [2.75, 3.05) is 26.0 Å². The zero-order valence-corrected chi connectivity index (χ0v) is 18.4. The number of para-hydroxylation sites is 1. The standard InChI is InChI=1S/C24H30N6O2/c1-28-15-18(13-25)16-7-8-19-20(11-16)22(9-10-30(27)23(19)14-26)29-21-6-4-3-5-17(21)12-24(31)32-2/h3-8,11,13-15,22,29H,9-10,12,25-27H2,1-2H3/b18-13?,23-14-,28-15?. The van der Waals surface area contributed by atoms with Crippen molar-refractivity contribution < 1.29 is 9.53 Å². The highest BCUT2D eigenvalue weighted by Crippen LogP contribution is 2.36. The number of fused-ring (bicyclic) bond motifs is 1. The van der Waals surface area contributed by atoms with Crippen molar-refractivity contribution in [1.82, 2.24) is 5.01 Å². The Morgan fingerprint density at radius 3 is 2.75 bits per heavy atom. The highest BCUT2D eigenvalue weighted by atomic mass is 16.5. The molecule has 168 valence electrons. The molecule has 1 aliphatic heterocycles. The molecular weight excluding hydrogens is 404 g/mol. The number of carbonyl (C=O) groups excluding carboxylic acids is 1. The predicted molar refractivity (Wildman–Crippen MR) is 129 cm³/mol. The number of nitrogens with two attached hydrogens (primary N) is 3. The van der Waals surface area contributed by atoms with E-state index in [1.54, 1.807) is 18.3 Å². The fourth-order valence-corrected chi connectivity index (χ4v) is 3.88. The third-order valence-corrected chi connectivity index (χ3v) is 5.52. The minimum absolute atomic E-state index is 0.0789. The number of nitrogens with zero attached hydrogens (tertiary/aromatic N) is 2. The number of anilines is 1. The molecule has 32 heavy (non-hydrogen) atoms. The summed E-state index contributed by atoms with van der Waals surface area (Å²) in [6, 6.07) is 13.7. The molecule has 1 atom stereocenters. The van der Waals surface area contributed by atoms with Gasteiger partial charge >= 0.3 is 5.97 Å². The van der Waals surface area contributed by atoms with Gasteiger partial charge in [-0.25, -0.2) is 5.84 Å². The van der Waals surface area contributed by atoms with Crippen molar-refractivity contribution in [3.8, 4) is 0 Å². The summed E-state index contributed by atoms with van der Waals surface area (Å²) in [6.45, 7) is 0.597. The number of nitrogens with one attached hydrogen (secondary N) is 1. The second-order valence-corrected chi connectivity index (χ2v) is 7.45. The third kappa shape index (κ3) is 4.92. The van der Waals surface area contributed by atoms with Crippen LogP contribution in [-0.4, -0.2) is 37.9 Å². The number of hydrogen-bond donors (Lipinski definition) is 4. The van der Waals surface area contributed by atoms with Gasteiger partial charge in [-0.1, -0.05) is 30.3 Å². The Kier molecular flexibility index (Phi) is 7.51. The maximum Gasteiger partial charge on any atom is 0.310 e. The van der Waals surface area contributed by atoms with Crippen LogP contribution in [0.2, 0.25) is 0 Å². The lowest BCUT2D eigenvalue weighted by Gasteiger charge is -2.23. The number of benzene rings is 2. The van der Waals surface area contributed by atoms with E-state index in [-0.39, 0.29) is 18.4 Å². The summed E-state index contributed by atoms with van der Waals surface area (Å²) < 4.78 is 4.85. The molecule has 0 amide bonds. The molecule has 8 nitrogen and oxygen atoms in total. The Hall–Kier alpha value is -3.78. The number of ether oxygens (including phenoxy) is 1. The topological polar surface area (TPSA) is 132 Å². The summed E-state index contributed by atoms with van der Waals surface area (Å²) in [6.07, 6.45) is 5.69. The Balaban J connectivity index is 2.08. The van der Waals surface area contributed by atoms with Gasteiger partial charge < -0.3 is 26.5 Å². The van der Waals surface area contributed by atoms with Gasteiger partial charge in [0.2, 0.25) is 0 Å². The van der Waals surface area contributed by atoms with Crippen LogP contribution in [-0.2, 0) is 16.0 Å². The molecule has 0 fully saturated rings. The van der Waals surface area contributed by atoms with Crippen LogP contribution in [0.1, 0.15) is 34.7 Å². The molecule has 0 bridgehead atoms. The fraction of sp³-hybridized carbons (Fsp3) is 0.250. The van der Waals surface area contributed by atoms with Crippen molar-refractivity contribution in [3.63, 3.8) is 0 Å². The number of methoxy groups -OCH3 is 1. The average Bonchev–Trinajstić information content (AvgIpc) is 2.94. The lowest BCUT2D eigenvalue weighted by atomic mass is 9.93. The van der Waals surface area contributed by atoms with Crippen LogP contribution in [0.4, 0.5) is 5.69 Å². The molecule has 0 radical (unpaired) electrons. The maximum absolute atomic E-state index is 11.9. The molecule has 0 spiro atoms. The zero-order valence-electron chi connectivity index (χ0n) is 18.4. The fourth-order valence-electron chi connectivity index (χ4n) is 3.88. The molecular formula is C24H30N6O2. The van der Waals surface area contributed by atoms with Crippen LogP contribution in [0.15, 0.2) is 59.9 Å². The molecule has 0 saturated carbocycles. The highest BCUT2D eigenvalue weighted by molar-refractivity contribution is 6.09. The molecule has 0 aromatic heterocycles. The minimum atomic E-state index is -0.291. The van der Waals surface area contributed by atoms with Crippen molar-refractivity contribution in [2.45, 2.75) is 18.9 Å². The van der Waals surface area contributed by atoms with Gasteiger partial charge in [-0.2, -0.15) is 0 Å². The van der Waals surface area contributed by atoms with Gasteiger partial charge in [-0.15, -0.1) is 0 Å². The van der Waals surface area contributed by atoms with Crippen LogP contribution < -0.4 is 22.6 Å². The number of rotatable bonds is 6. The summed E-state index contributed by atoms with van der Waals surface area (Å²) in [4.78, 5) is 16.0. The average molecular weight is 435 g/mol. The monoisotopic (exact) mass is 434 g/mol. The van der Waals surface area contributed by atoms with Gasteiger partial charge in [0, 0.05) is 49.0 Å². The van der Waals surface area contributed by atoms with E-state index < -0.39 is 0 Å². The van der Waals surface area contributed by atoms with E-state index in [1.807, 2.05) is 36.4 Å². The lowest BCUT2D eigenvalue weighted by molar-refractivity contribution is -0.139. The van der Waals surface area contributed by atoms with Gasteiger partial charge in [-0.05, 0) is 35.2 Å². The second-order valence-electron chi connectivity index (χ2n) is 7.45. The van der Waals surface area contributed by atoms with Crippen molar-refractivity contribution in [1.29, 1.82) is 0 Å². The van der Waals surface area contributed by atoms with Crippen LogP contribution in [0.25, 0.3) is 11.3 Å². The smallest absolute Gasteiger partial charge is 0.310 e. The zero-order chi connectivity index (χ0) is 23.1. The summed E-state index contributed by atoms with van der Waals surface area (Å²) in [5.41, 5.74) is 18.0. The first-order chi connectivity index (χ1) is 15.5. The van der Waals surface area contributed by atoms with Crippen molar-refractivity contribution in [2.24, 2.45) is 22.3 Å². The van der Waals surface area contributed by atoms with Gasteiger partial charge in [0.05, 0.1) is 25.3 Å². The summed E-state index contributed by atoms with van der Waals surface area (Å²) >= 11 is 0. The van der Waals surface area contributed by atoms with E-state index in [2.05, 4.69) is 16.4 Å². The molecule has 1 aliphatic rings. The van der Waals surface area contributed by atoms with Crippen LogP contribution in [0.5, 0.6) is 0 Å². The summed E-state index contributed by atoms with van der Waals surface area (Å²) in [5, 5.41) is 5.27. The first kappa shape index (κ1) is 22.9. The minimum Gasteiger partial charge on any atom is -0.469 e. The molecule has 0 aliphatic carbocycles. The molecule has 2 aromatic carbocycles. The third-order valence-electron chi connectivity index (χ3n) is 5.52. The molecule has 1 unspecified atom stereocenters. The van der Waals surface area contributed by atoms with E-state index in [1.165, 1.54) is 19.5 Å². The molecule has 7 N–H and O–H groups in total. The lowest BCUT2D eigenvalue weighted by Crippen LogP contribution is -2.30. The van der Waals surface area contributed by atoms with Crippen molar-refractivity contribution >= 4 is 29.1 Å². The Morgan fingerprint density at radius 1 is 1.28 bits per heavy atom. The second kappa shape index (κ2) is 10.5. The van der Waals surface area contributed by atoms with E-state index in [0.29, 0.717) is 6.54 Å².